The number of rotatable bonds is 4. The van der Waals surface area contributed by atoms with Gasteiger partial charge in [0.2, 0.25) is 0 Å². The highest BCUT2D eigenvalue weighted by molar-refractivity contribution is 6.30. The van der Waals surface area contributed by atoms with Crippen molar-refractivity contribution in [3.05, 3.63) is 34.6 Å². The Labute approximate surface area is 95.6 Å². The molecule has 84 valence electrons. The van der Waals surface area contributed by atoms with Crippen LogP contribution >= 0.6 is 11.6 Å². The van der Waals surface area contributed by atoms with E-state index in [2.05, 4.69) is 26.1 Å². The minimum absolute atomic E-state index is 0.0795. The summed E-state index contributed by atoms with van der Waals surface area (Å²) >= 11 is 5.60. The molecule has 3 heteroatoms. The number of hydrogen-bond donors (Lipinski definition) is 1. The van der Waals surface area contributed by atoms with Gasteiger partial charge in [-0.25, -0.2) is 4.39 Å². The number of benzene rings is 1. The second kappa shape index (κ2) is 4.95. The highest BCUT2D eigenvalue weighted by Crippen LogP contribution is 2.16. The van der Waals surface area contributed by atoms with Gasteiger partial charge in [0.05, 0.1) is 5.02 Å². The van der Waals surface area contributed by atoms with Crippen LogP contribution in [0.5, 0.6) is 0 Å². The van der Waals surface area contributed by atoms with E-state index < -0.39 is 0 Å². The molecular formula is C12H17ClFN. The fraction of sp³-hybridized carbons (Fsp3) is 0.500. The quantitative estimate of drug-likeness (QED) is 0.829. The van der Waals surface area contributed by atoms with Gasteiger partial charge in [0.1, 0.15) is 5.82 Å². The van der Waals surface area contributed by atoms with Crippen molar-refractivity contribution in [2.75, 3.05) is 0 Å². The van der Waals surface area contributed by atoms with E-state index in [4.69, 9.17) is 11.6 Å². The lowest BCUT2D eigenvalue weighted by Crippen LogP contribution is -2.37. The normalized spacial score (nSPS) is 11.8. The van der Waals surface area contributed by atoms with E-state index in [1.807, 2.05) is 6.07 Å². The van der Waals surface area contributed by atoms with Crippen LogP contribution < -0.4 is 5.32 Å². The first kappa shape index (κ1) is 12.5. The fourth-order valence-electron chi connectivity index (χ4n) is 1.12. The van der Waals surface area contributed by atoms with Gasteiger partial charge in [-0.1, -0.05) is 24.6 Å². The van der Waals surface area contributed by atoms with Crippen molar-refractivity contribution < 1.29 is 4.39 Å². The number of nitrogens with one attached hydrogen (secondary N) is 1. The van der Waals surface area contributed by atoms with Gasteiger partial charge in [-0.3, -0.25) is 0 Å². The summed E-state index contributed by atoms with van der Waals surface area (Å²) in [6, 6.07) is 4.90. The van der Waals surface area contributed by atoms with Crippen molar-refractivity contribution in [1.29, 1.82) is 0 Å². The molecule has 15 heavy (non-hydrogen) atoms. The molecule has 0 heterocycles. The topological polar surface area (TPSA) is 12.0 Å². The van der Waals surface area contributed by atoms with E-state index in [1.165, 1.54) is 6.07 Å². The lowest BCUT2D eigenvalue weighted by atomic mass is 10.0. The van der Waals surface area contributed by atoms with Crippen LogP contribution in [-0.2, 0) is 6.54 Å². The van der Waals surface area contributed by atoms with Crippen molar-refractivity contribution in [2.24, 2.45) is 0 Å². The molecule has 0 saturated heterocycles. The van der Waals surface area contributed by atoms with Gasteiger partial charge in [0.25, 0.3) is 0 Å². The smallest absolute Gasteiger partial charge is 0.142 e. The molecular weight excluding hydrogens is 213 g/mol. The van der Waals surface area contributed by atoms with Crippen LogP contribution in [0.3, 0.4) is 0 Å². The fourth-order valence-corrected chi connectivity index (χ4v) is 1.23. The Kier molecular flexibility index (Phi) is 4.12. The molecule has 1 aromatic rings. The second-order valence-electron chi connectivity index (χ2n) is 4.34. The Bertz CT molecular complexity index is 336. The van der Waals surface area contributed by atoms with E-state index in [1.54, 1.807) is 6.07 Å². The molecule has 0 aromatic heterocycles. The van der Waals surface area contributed by atoms with Gasteiger partial charge in [0, 0.05) is 12.1 Å². The van der Waals surface area contributed by atoms with E-state index in [-0.39, 0.29) is 16.4 Å². The van der Waals surface area contributed by atoms with Crippen LogP contribution in [0.25, 0.3) is 0 Å². The molecule has 0 aliphatic heterocycles. The summed E-state index contributed by atoms with van der Waals surface area (Å²) < 4.78 is 13.1. The van der Waals surface area contributed by atoms with Crippen molar-refractivity contribution in [3.63, 3.8) is 0 Å². The molecule has 0 radical (unpaired) electrons. The zero-order chi connectivity index (χ0) is 11.5. The summed E-state index contributed by atoms with van der Waals surface area (Å²) in [6.07, 6.45) is 1.03. The van der Waals surface area contributed by atoms with Gasteiger partial charge in [0.15, 0.2) is 0 Å². The third kappa shape index (κ3) is 3.80. The first-order valence-corrected chi connectivity index (χ1v) is 5.51. The van der Waals surface area contributed by atoms with E-state index in [0.717, 1.165) is 12.0 Å². The molecule has 0 spiro atoms. The lowest BCUT2D eigenvalue weighted by Gasteiger charge is -2.24. The highest BCUT2D eigenvalue weighted by Gasteiger charge is 2.13. The maximum atomic E-state index is 13.1. The summed E-state index contributed by atoms with van der Waals surface area (Å²) in [6.45, 7) is 7.03. The van der Waals surface area contributed by atoms with E-state index >= 15 is 0 Å². The van der Waals surface area contributed by atoms with Gasteiger partial charge in [-0.05, 0) is 38.0 Å². The Hall–Kier alpha value is -0.600. The van der Waals surface area contributed by atoms with Crippen molar-refractivity contribution in [2.45, 2.75) is 39.3 Å². The molecule has 0 bridgehead atoms. The molecule has 1 N–H and O–H groups in total. The van der Waals surface area contributed by atoms with Crippen molar-refractivity contribution >= 4 is 11.6 Å². The largest absolute Gasteiger partial charge is 0.308 e. The third-order valence-corrected chi connectivity index (χ3v) is 2.95. The van der Waals surface area contributed by atoms with Crippen LogP contribution in [0.15, 0.2) is 18.2 Å². The molecule has 0 unspecified atom stereocenters. The summed E-state index contributed by atoms with van der Waals surface area (Å²) in [4.78, 5) is 0. The Morgan fingerprint density at radius 3 is 2.60 bits per heavy atom. The van der Waals surface area contributed by atoms with Crippen LogP contribution in [0.4, 0.5) is 4.39 Å². The first-order valence-electron chi connectivity index (χ1n) is 5.13. The molecule has 0 aliphatic carbocycles. The predicted molar refractivity (Wildman–Crippen MR) is 62.6 cm³/mol. The average molecular weight is 230 g/mol. The molecule has 0 amide bonds. The standard InChI is InChI=1S/C12H17ClFN/c1-4-12(2,3)15-8-9-5-6-10(13)11(14)7-9/h5-7,15H,4,8H2,1-3H3. The summed E-state index contributed by atoms with van der Waals surface area (Å²) in [7, 11) is 0. The Morgan fingerprint density at radius 1 is 1.40 bits per heavy atom. The van der Waals surface area contributed by atoms with Crippen LogP contribution in [-0.4, -0.2) is 5.54 Å². The summed E-state index contributed by atoms with van der Waals surface area (Å²) in [5, 5.41) is 3.54. The molecule has 1 aromatic carbocycles. The average Bonchev–Trinajstić information content (AvgIpc) is 2.20. The molecule has 1 rings (SSSR count). The number of halogens is 2. The Balaban J connectivity index is 2.62. The van der Waals surface area contributed by atoms with E-state index in [9.17, 15) is 4.39 Å². The highest BCUT2D eigenvalue weighted by atomic mass is 35.5. The van der Waals surface area contributed by atoms with Gasteiger partial charge < -0.3 is 5.32 Å². The first-order chi connectivity index (χ1) is 6.94. The van der Waals surface area contributed by atoms with E-state index in [0.29, 0.717) is 6.54 Å². The SMILES string of the molecule is CCC(C)(C)NCc1ccc(Cl)c(F)c1. The van der Waals surface area contributed by atoms with Crippen LogP contribution in [0.1, 0.15) is 32.8 Å². The Morgan fingerprint density at radius 2 is 2.07 bits per heavy atom. The lowest BCUT2D eigenvalue weighted by molar-refractivity contribution is 0.374. The summed E-state index contributed by atoms with van der Waals surface area (Å²) in [5.74, 6) is -0.356. The minimum atomic E-state index is -0.356. The zero-order valence-corrected chi connectivity index (χ0v) is 10.2. The summed E-state index contributed by atoms with van der Waals surface area (Å²) in [5.41, 5.74) is 0.995. The molecule has 0 saturated carbocycles. The van der Waals surface area contributed by atoms with Crippen LogP contribution in [0.2, 0.25) is 5.02 Å². The minimum Gasteiger partial charge on any atom is -0.308 e. The van der Waals surface area contributed by atoms with Crippen molar-refractivity contribution in [3.8, 4) is 0 Å². The molecule has 1 nitrogen and oxygen atoms in total. The van der Waals surface area contributed by atoms with Gasteiger partial charge >= 0.3 is 0 Å². The third-order valence-electron chi connectivity index (χ3n) is 2.64. The predicted octanol–water partition coefficient (Wildman–Crippen LogP) is 3.76. The zero-order valence-electron chi connectivity index (χ0n) is 9.40. The number of hydrogen-bond acceptors (Lipinski definition) is 1. The maximum absolute atomic E-state index is 13.1. The molecule has 0 atom stereocenters. The molecule has 0 fully saturated rings. The monoisotopic (exact) mass is 229 g/mol. The van der Waals surface area contributed by atoms with Gasteiger partial charge in [-0.2, -0.15) is 0 Å². The van der Waals surface area contributed by atoms with Crippen molar-refractivity contribution in [1.82, 2.24) is 5.32 Å². The molecule has 0 aliphatic rings. The van der Waals surface area contributed by atoms with Crippen LogP contribution in [0, 0.1) is 5.82 Å². The van der Waals surface area contributed by atoms with Gasteiger partial charge in [-0.15, -0.1) is 0 Å². The maximum Gasteiger partial charge on any atom is 0.142 e. The second-order valence-corrected chi connectivity index (χ2v) is 4.75.